The van der Waals surface area contributed by atoms with Crippen molar-refractivity contribution in [3.63, 3.8) is 0 Å². The lowest BCUT2D eigenvalue weighted by Gasteiger charge is -2.30. The first-order valence-corrected chi connectivity index (χ1v) is 9.63. The summed E-state index contributed by atoms with van der Waals surface area (Å²) in [4.78, 5) is 18.4. The molecule has 1 aliphatic rings. The van der Waals surface area contributed by atoms with E-state index in [1.807, 2.05) is 36.4 Å². The molecule has 1 aromatic heterocycles. The molecular weight excluding hydrogens is 352 g/mol. The van der Waals surface area contributed by atoms with Crippen molar-refractivity contribution in [2.24, 2.45) is 0 Å². The number of anilines is 2. The van der Waals surface area contributed by atoms with Crippen LogP contribution < -0.4 is 15.4 Å². The second kappa shape index (κ2) is 7.56. The summed E-state index contributed by atoms with van der Waals surface area (Å²) in [5, 5.41) is 6.96. The summed E-state index contributed by atoms with van der Waals surface area (Å²) in [5.41, 5.74) is 5.27. The van der Waals surface area contributed by atoms with Gasteiger partial charge in [0.05, 0.1) is 7.11 Å². The normalized spacial score (nSPS) is 14.1. The van der Waals surface area contributed by atoms with Crippen LogP contribution in [0.15, 0.2) is 42.5 Å². The first kappa shape index (κ1) is 18.4. The zero-order valence-corrected chi connectivity index (χ0v) is 16.5. The van der Waals surface area contributed by atoms with Gasteiger partial charge in [-0.15, -0.1) is 0 Å². The zero-order valence-electron chi connectivity index (χ0n) is 16.5. The maximum Gasteiger partial charge on any atom is 0.323 e. The molecule has 6 heteroatoms. The van der Waals surface area contributed by atoms with Crippen LogP contribution in [-0.2, 0) is 13.0 Å². The lowest BCUT2D eigenvalue weighted by atomic mass is 10.0. The fraction of sp³-hybridized carbons (Fsp3) is 0.318. The first-order valence-electron chi connectivity index (χ1n) is 9.63. The summed E-state index contributed by atoms with van der Waals surface area (Å²) in [6.07, 6.45) is 1.03. The molecule has 0 aliphatic carbocycles. The predicted molar refractivity (Wildman–Crippen MR) is 113 cm³/mol. The fourth-order valence-electron chi connectivity index (χ4n) is 3.72. The summed E-state index contributed by atoms with van der Waals surface area (Å²) < 4.78 is 5.14. The number of aromatic amines is 1. The van der Waals surface area contributed by atoms with Gasteiger partial charge in [-0.3, -0.25) is 4.90 Å². The highest BCUT2D eigenvalue weighted by Gasteiger charge is 2.22. The average Bonchev–Trinajstić information content (AvgIpc) is 3.05. The van der Waals surface area contributed by atoms with E-state index in [2.05, 4.69) is 40.4 Å². The Balaban J connectivity index is 1.51. The molecule has 0 spiro atoms. The van der Waals surface area contributed by atoms with E-state index in [0.29, 0.717) is 11.7 Å². The Morgan fingerprint density at radius 1 is 1.11 bits per heavy atom. The number of rotatable bonds is 4. The number of amides is 2. The van der Waals surface area contributed by atoms with Crippen LogP contribution in [0.2, 0.25) is 0 Å². The number of H-pyrrole nitrogens is 1. The van der Waals surface area contributed by atoms with Gasteiger partial charge in [0, 0.05) is 53.5 Å². The second-order valence-corrected chi connectivity index (χ2v) is 7.46. The molecule has 4 rings (SSSR count). The molecule has 0 unspecified atom stereocenters. The molecule has 2 heterocycles. The van der Waals surface area contributed by atoms with E-state index in [4.69, 9.17) is 4.74 Å². The van der Waals surface area contributed by atoms with Gasteiger partial charge in [-0.25, -0.2) is 4.79 Å². The second-order valence-electron chi connectivity index (χ2n) is 7.46. The van der Waals surface area contributed by atoms with Crippen LogP contribution >= 0.6 is 0 Å². The molecule has 6 nitrogen and oxygen atoms in total. The molecule has 3 aromatic rings. The van der Waals surface area contributed by atoms with E-state index >= 15 is 0 Å². The largest absolute Gasteiger partial charge is 0.497 e. The van der Waals surface area contributed by atoms with E-state index in [0.717, 1.165) is 36.5 Å². The summed E-state index contributed by atoms with van der Waals surface area (Å²) in [7, 11) is 1.62. The third-order valence-electron chi connectivity index (χ3n) is 5.34. The van der Waals surface area contributed by atoms with Crippen molar-refractivity contribution in [2.75, 3.05) is 24.3 Å². The van der Waals surface area contributed by atoms with Gasteiger partial charge in [0.1, 0.15) is 5.75 Å². The van der Waals surface area contributed by atoms with Crippen molar-refractivity contribution < 1.29 is 9.53 Å². The number of carbonyl (C=O) groups excluding carboxylic acids is 1. The van der Waals surface area contributed by atoms with E-state index in [1.165, 1.54) is 16.6 Å². The van der Waals surface area contributed by atoms with Crippen LogP contribution in [-0.4, -0.2) is 35.6 Å². The third kappa shape index (κ3) is 3.68. The number of hydrogen-bond donors (Lipinski definition) is 3. The van der Waals surface area contributed by atoms with Crippen LogP contribution in [0.25, 0.3) is 10.9 Å². The molecule has 0 radical (unpaired) electrons. The number of benzene rings is 2. The lowest BCUT2D eigenvalue weighted by Crippen LogP contribution is -2.35. The van der Waals surface area contributed by atoms with Gasteiger partial charge in [0.15, 0.2) is 0 Å². The van der Waals surface area contributed by atoms with E-state index in [9.17, 15) is 4.79 Å². The Labute approximate surface area is 164 Å². The van der Waals surface area contributed by atoms with Crippen molar-refractivity contribution in [3.05, 3.63) is 53.7 Å². The highest BCUT2D eigenvalue weighted by molar-refractivity contribution is 6.01. The van der Waals surface area contributed by atoms with Gasteiger partial charge in [-0.2, -0.15) is 0 Å². The maximum absolute atomic E-state index is 12.4. The molecule has 0 saturated carbocycles. The van der Waals surface area contributed by atoms with Crippen molar-refractivity contribution in [2.45, 2.75) is 32.9 Å². The lowest BCUT2D eigenvalue weighted by molar-refractivity contribution is 0.203. The Kier molecular flexibility index (Phi) is 4.96. The number of fused-ring (bicyclic) bond motifs is 3. The monoisotopic (exact) mass is 378 g/mol. The number of aromatic nitrogens is 1. The van der Waals surface area contributed by atoms with E-state index < -0.39 is 0 Å². The topological polar surface area (TPSA) is 69.4 Å². The summed E-state index contributed by atoms with van der Waals surface area (Å²) in [6, 6.07) is 13.5. The number of methoxy groups -OCH3 is 1. The molecule has 0 saturated heterocycles. The Hall–Kier alpha value is -2.99. The van der Waals surface area contributed by atoms with Gasteiger partial charge >= 0.3 is 6.03 Å². The predicted octanol–water partition coefficient (Wildman–Crippen LogP) is 4.59. The highest BCUT2D eigenvalue weighted by atomic mass is 16.5. The minimum absolute atomic E-state index is 0.266. The smallest absolute Gasteiger partial charge is 0.323 e. The molecule has 2 aromatic carbocycles. The number of ether oxygens (including phenoxy) is 1. The number of carbonyl (C=O) groups is 1. The van der Waals surface area contributed by atoms with Crippen molar-refractivity contribution >= 4 is 28.3 Å². The van der Waals surface area contributed by atoms with Crippen LogP contribution in [0.4, 0.5) is 16.2 Å². The average molecular weight is 378 g/mol. The molecule has 0 fully saturated rings. The molecule has 146 valence electrons. The van der Waals surface area contributed by atoms with Gasteiger partial charge in [-0.1, -0.05) is 0 Å². The summed E-state index contributed by atoms with van der Waals surface area (Å²) in [6.45, 7) is 6.48. The molecule has 3 N–H and O–H groups in total. The van der Waals surface area contributed by atoms with Gasteiger partial charge in [0.25, 0.3) is 0 Å². The molecular formula is C22H26N4O2. The quantitative estimate of drug-likeness (QED) is 0.622. The van der Waals surface area contributed by atoms with E-state index in [-0.39, 0.29) is 6.03 Å². The SMILES string of the molecule is COc1ccc(NC(=O)Nc2ccc3[nH]c4c(c3c2)CN(C(C)C)CC4)cc1. The summed E-state index contributed by atoms with van der Waals surface area (Å²) >= 11 is 0. The maximum atomic E-state index is 12.4. The molecule has 28 heavy (non-hydrogen) atoms. The Bertz CT molecular complexity index is 992. The van der Waals surface area contributed by atoms with E-state index in [1.54, 1.807) is 7.11 Å². The number of nitrogens with one attached hydrogen (secondary N) is 3. The van der Waals surface area contributed by atoms with Crippen molar-refractivity contribution in [1.82, 2.24) is 9.88 Å². The first-order chi connectivity index (χ1) is 13.5. The Morgan fingerprint density at radius 2 is 1.82 bits per heavy atom. The van der Waals surface area contributed by atoms with Crippen molar-refractivity contribution in [1.29, 1.82) is 0 Å². The minimum Gasteiger partial charge on any atom is -0.497 e. The highest BCUT2D eigenvalue weighted by Crippen LogP contribution is 2.30. The van der Waals surface area contributed by atoms with Crippen LogP contribution in [0.5, 0.6) is 5.75 Å². The molecule has 1 aliphatic heterocycles. The minimum atomic E-state index is -0.266. The number of nitrogens with zero attached hydrogens (tertiary/aromatic N) is 1. The van der Waals surface area contributed by atoms with Gasteiger partial charge < -0.3 is 20.4 Å². The van der Waals surface area contributed by atoms with Crippen LogP contribution in [0.3, 0.4) is 0 Å². The van der Waals surface area contributed by atoms with Crippen molar-refractivity contribution in [3.8, 4) is 5.75 Å². The van der Waals surface area contributed by atoms with Crippen LogP contribution in [0, 0.1) is 0 Å². The Morgan fingerprint density at radius 3 is 2.54 bits per heavy atom. The third-order valence-corrected chi connectivity index (χ3v) is 5.34. The fourth-order valence-corrected chi connectivity index (χ4v) is 3.72. The number of hydrogen-bond acceptors (Lipinski definition) is 3. The standard InChI is InChI=1S/C22H26N4O2/c1-14(2)26-11-10-21-19(13-26)18-12-16(6-9-20(18)25-21)24-22(27)23-15-4-7-17(28-3)8-5-15/h4-9,12,14,25H,10-11,13H2,1-3H3,(H2,23,24,27). The zero-order chi connectivity index (χ0) is 19.7. The molecule has 0 bridgehead atoms. The number of urea groups is 1. The van der Waals surface area contributed by atoms with Gasteiger partial charge in [-0.05, 0) is 61.9 Å². The van der Waals surface area contributed by atoms with Gasteiger partial charge in [0.2, 0.25) is 0 Å². The molecule has 2 amide bonds. The van der Waals surface area contributed by atoms with Crippen LogP contribution in [0.1, 0.15) is 25.1 Å². The molecule has 0 atom stereocenters. The summed E-state index contributed by atoms with van der Waals surface area (Å²) in [5.74, 6) is 0.754.